The highest BCUT2D eigenvalue weighted by Crippen LogP contribution is 2.67. The van der Waals surface area contributed by atoms with Crippen molar-refractivity contribution in [1.29, 1.82) is 0 Å². The Balaban J connectivity index is 1.64. The lowest BCUT2D eigenvalue weighted by Gasteiger charge is -2.58. The second kappa shape index (κ2) is 5.73. The van der Waals surface area contributed by atoms with Gasteiger partial charge in [0.05, 0.1) is 6.10 Å². The molecule has 3 unspecified atom stereocenters. The van der Waals surface area contributed by atoms with Gasteiger partial charge in [0, 0.05) is 0 Å². The fourth-order valence-electron chi connectivity index (χ4n) is 7.71. The maximum absolute atomic E-state index is 10.1. The van der Waals surface area contributed by atoms with Gasteiger partial charge in [-0.25, -0.2) is 0 Å². The summed E-state index contributed by atoms with van der Waals surface area (Å²) in [4.78, 5) is 0. The molecule has 0 aromatic rings. The second-order valence-electron chi connectivity index (χ2n) is 9.98. The van der Waals surface area contributed by atoms with Gasteiger partial charge in [-0.15, -0.1) is 6.58 Å². The lowest BCUT2D eigenvalue weighted by Crippen LogP contribution is -2.50. The van der Waals surface area contributed by atoms with Crippen LogP contribution in [0.15, 0.2) is 24.3 Å². The van der Waals surface area contributed by atoms with Gasteiger partial charge >= 0.3 is 0 Å². The zero-order chi connectivity index (χ0) is 17.1. The van der Waals surface area contributed by atoms with E-state index < -0.39 is 0 Å². The molecule has 8 atom stereocenters. The quantitative estimate of drug-likeness (QED) is 0.640. The molecule has 4 aliphatic carbocycles. The van der Waals surface area contributed by atoms with Crippen LogP contribution in [0.1, 0.15) is 72.1 Å². The van der Waals surface area contributed by atoms with Crippen LogP contribution in [-0.4, -0.2) is 11.2 Å². The lowest BCUT2D eigenvalue weighted by molar-refractivity contribution is -0.0540. The smallest absolute Gasteiger partial charge is 0.0577 e. The maximum Gasteiger partial charge on any atom is 0.0577 e. The first-order valence-corrected chi connectivity index (χ1v) is 10.4. The molecule has 4 aliphatic rings. The molecule has 3 fully saturated rings. The normalized spacial score (nSPS) is 51.8. The minimum absolute atomic E-state index is 0.0842. The molecule has 0 aromatic heterocycles. The van der Waals surface area contributed by atoms with Crippen molar-refractivity contribution in [2.75, 3.05) is 0 Å². The summed E-state index contributed by atoms with van der Waals surface area (Å²) in [6.45, 7) is 11.6. The third-order valence-corrected chi connectivity index (χ3v) is 9.16. The average molecular weight is 329 g/mol. The van der Waals surface area contributed by atoms with Crippen LogP contribution >= 0.6 is 0 Å². The van der Waals surface area contributed by atoms with E-state index in [1.807, 2.05) is 0 Å². The Hall–Kier alpha value is -0.560. The van der Waals surface area contributed by atoms with Crippen molar-refractivity contribution in [1.82, 2.24) is 0 Å². The Kier molecular flexibility index (Phi) is 4.03. The molecular formula is C23H36O. The summed E-state index contributed by atoms with van der Waals surface area (Å²) in [5.41, 5.74) is 2.51. The minimum Gasteiger partial charge on any atom is -0.393 e. The summed E-state index contributed by atoms with van der Waals surface area (Å²) < 4.78 is 0. The summed E-state index contributed by atoms with van der Waals surface area (Å²) in [6.07, 6.45) is 14.8. The molecule has 24 heavy (non-hydrogen) atoms. The third-order valence-electron chi connectivity index (χ3n) is 9.16. The van der Waals surface area contributed by atoms with Crippen LogP contribution in [-0.2, 0) is 0 Å². The van der Waals surface area contributed by atoms with Gasteiger partial charge in [-0.2, -0.15) is 0 Å². The highest BCUT2D eigenvalue weighted by atomic mass is 16.3. The lowest BCUT2D eigenvalue weighted by atomic mass is 9.47. The molecule has 0 amide bonds. The van der Waals surface area contributed by atoms with Crippen molar-refractivity contribution in [2.24, 2.45) is 40.4 Å². The molecule has 1 nitrogen and oxygen atoms in total. The van der Waals surface area contributed by atoms with Crippen LogP contribution in [0.25, 0.3) is 0 Å². The Labute approximate surface area is 148 Å². The fraction of sp³-hybridized carbons (Fsp3) is 0.826. The van der Waals surface area contributed by atoms with E-state index in [-0.39, 0.29) is 6.10 Å². The van der Waals surface area contributed by atoms with Crippen LogP contribution in [0.2, 0.25) is 0 Å². The molecule has 1 heteroatoms. The number of hydrogen-bond acceptors (Lipinski definition) is 1. The van der Waals surface area contributed by atoms with E-state index in [1.54, 1.807) is 5.57 Å². The maximum atomic E-state index is 10.1. The molecule has 0 spiro atoms. The largest absolute Gasteiger partial charge is 0.393 e. The molecule has 134 valence electrons. The summed E-state index contributed by atoms with van der Waals surface area (Å²) in [5, 5.41) is 10.1. The van der Waals surface area contributed by atoms with Crippen molar-refractivity contribution in [2.45, 2.75) is 78.2 Å². The highest BCUT2D eigenvalue weighted by molar-refractivity contribution is 5.25. The third kappa shape index (κ3) is 2.23. The number of rotatable bonds is 2. The van der Waals surface area contributed by atoms with E-state index >= 15 is 0 Å². The number of fused-ring (bicyclic) bond motifs is 5. The second-order valence-corrected chi connectivity index (χ2v) is 9.98. The zero-order valence-corrected chi connectivity index (χ0v) is 15.9. The predicted molar refractivity (Wildman–Crippen MR) is 101 cm³/mol. The highest BCUT2D eigenvalue weighted by Gasteiger charge is 2.58. The van der Waals surface area contributed by atoms with Crippen LogP contribution in [0.4, 0.5) is 0 Å². The summed E-state index contributed by atoms with van der Waals surface area (Å²) in [6, 6.07) is 0. The van der Waals surface area contributed by atoms with Gasteiger partial charge in [0.1, 0.15) is 0 Å². The van der Waals surface area contributed by atoms with Crippen molar-refractivity contribution in [3.05, 3.63) is 24.3 Å². The van der Waals surface area contributed by atoms with Gasteiger partial charge in [0.25, 0.3) is 0 Å². The molecule has 0 radical (unpaired) electrons. The van der Waals surface area contributed by atoms with Gasteiger partial charge in [-0.05, 0) is 91.8 Å². The van der Waals surface area contributed by atoms with Crippen LogP contribution in [0.5, 0.6) is 0 Å². The van der Waals surface area contributed by atoms with E-state index in [4.69, 9.17) is 0 Å². The van der Waals surface area contributed by atoms with E-state index in [0.29, 0.717) is 16.7 Å². The Morgan fingerprint density at radius 3 is 2.71 bits per heavy atom. The summed E-state index contributed by atoms with van der Waals surface area (Å²) in [5.74, 6) is 4.15. The van der Waals surface area contributed by atoms with Crippen LogP contribution in [0.3, 0.4) is 0 Å². The minimum atomic E-state index is -0.0842. The number of aliphatic hydroxyl groups is 1. The molecule has 0 heterocycles. The summed E-state index contributed by atoms with van der Waals surface area (Å²) in [7, 11) is 0. The van der Waals surface area contributed by atoms with Crippen molar-refractivity contribution >= 4 is 0 Å². The number of allylic oxidation sites excluding steroid dienone is 2. The van der Waals surface area contributed by atoms with Gasteiger partial charge in [-0.3, -0.25) is 0 Å². The predicted octanol–water partition coefficient (Wildman–Crippen LogP) is 5.75. The molecule has 3 saturated carbocycles. The monoisotopic (exact) mass is 328 g/mol. The first-order chi connectivity index (χ1) is 11.4. The zero-order valence-electron chi connectivity index (χ0n) is 15.9. The van der Waals surface area contributed by atoms with E-state index in [1.165, 1.54) is 38.5 Å². The molecule has 4 rings (SSSR count). The average Bonchev–Trinajstić information content (AvgIpc) is 2.92. The molecule has 0 saturated heterocycles. The van der Waals surface area contributed by atoms with E-state index in [0.717, 1.165) is 36.5 Å². The van der Waals surface area contributed by atoms with Gasteiger partial charge < -0.3 is 5.11 Å². The number of aliphatic hydroxyl groups excluding tert-OH is 1. The fourth-order valence-corrected chi connectivity index (χ4v) is 7.71. The molecular weight excluding hydrogens is 292 g/mol. The van der Waals surface area contributed by atoms with E-state index in [9.17, 15) is 5.11 Å². The van der Waals surface area contributed by atoms with Crippen LogP contribution < -0.4 is 0 Å². The first kappa shape index (κ1) is 16.9. The Morgan fingerprint density at radius 1 is 1.17 bits per heavy atom. The van der Waals surface area contributed by atoms with Gasteiger partial charge in [0.15, 0.2) is 0 Å². The first-order valence-electron chi connectivity index (χ1n) is 10.4. The van der Waals surface area contributed by atoms with Crippen molar-refractivity contribution < 1.29 is 5.11 Å². The summed E-state index contributed by atoms with van der Waals surface area (Å²) >= 11 is 0. The van der Waals surface area contributed by atoms with Gasteiger partial charge in [-0.1, -0.05) is 38.5 Å². The number of hydrogen-bond donors (Lipinski definition) is 1. The molecule has 0 aliphatic heterocycles. The van der Waals surface area contributed by atoms with Crippen LogP contribution in [0, 0.1) is 40.4 Å². The van der Waals surface area contributed by atoms with Crippen molar-refractivity contribution in [3.8, 4) is 0 Å². The Morgan fingerprint density at radius 2 is 1.96 bits per heavy atom. The molecule has 1 N–H and O–H groups in total. The topological polar surface area (TPSA) is 20.2 Å². The standard InChI is InChI=1S/C23H36O/c1-5-15(2)19-8-9-20-18-7-6-16-14-17(24)10-12-22(16,3)21(18)11-13-23(19,20)4/h5-6,15,17-21,24H,1,7-14H2,2-4H3/t15-,17+,18?,19-,20?,21?,22+,23-/m1/s1. The molecule has 0 bridgehead atoms. The molecule has 0 aromatic carbocycles. The van der Waals surface area contributed by atoms with Crippen molar-refractivity contribution in [3.63, 3.8) is 0 Å². The Bertz CT molecular complexity index is 548. The van der Waals surface area contributed by atoms with Gasteiger partial charge in [0.2, 0.25) is 0 Å². The van der Waals surface area contributed by atoms with E-state index in [2.05, 4.69) is 39.5 Å². The SMILES string of the molecule is C=C[C@@H](C)[C@H]1CCC2C3CC=C4C[C@@H](O)CC[C@]4(C)C3CC[C@@]21C.